The quantitative estimate of drug-likeness (QED) is 0.790. The Bertz CT molecular complexity index is 812. The molecule has 0 radical (unpaired) electrons. The van der Waals surface area contributed by atoms with E-state index in [4.69, 9.17) is 4.74 Å². The fourth-order valence-corrected chi connectivity index (χ4v) is 2.07. The molecular formula is C14H13N5O2. The normalized spacial score (nSPS) is 10.6. The van der Waals surface area contributed by atoms with Crippen LogP contribution in [-0.4, -0.2) is 33.2 Å². The Morgan fingerprint density at radius 3 is 2.57 bits per heavy atom. The molecule has 0 aliphatic rings. The van der Waals surface area contributed by atoms with Gasteiger partial charge in [-0.2, -0.15) is 4.80 Å². The Balaban J connectivity index is 1.99. The number of hydrogen-bond acceptors (Lipinski definition) is 5. The second kappa shape index (κ2) is 5.20. The number of anilines is 1. The van der Waals surface area contributed by atoms with Crippen molar-refractivity contribution in [2.24, 2.45) is 7.05 Å². The molecule has 1 heterocycles. The summed E-state index contributed by atoms with van der Waals surface area (Å²) in [5, 5.41) is 15.9. The molecule has 7 nitrogen and oxygen atoms in total. The van der Waals surface area contributed by atoms with Gasteiger partial charge in [0.15, 0.2) is 0 Å². The standard InChI is InChI=1S/C14H13N5O2/c1-19-17-14(16-18-19)15-13(20)11-7-9-5-3-4-6-10(9)8-12(11)21-2/h3-8H,1-2H3,(H,15,17,20). The van der Waals surface area contributed by atoms with E-state index >= 15 is 0 Å². The highest BCUT2D eigenvalue weighted by molar-refractivity contribution is 6.08. The number of aryl methyl sites for hydroxylation is 1. The highest BCUT2D eigenvalue weighted by Gasteiger charge is 2.15. The lowest BCUT2D eigenvalue weighted by atomic mass is 10.1. The number of carbonyl (C=O) groups excluding carboxylic acids is 1. The van der Waals surface area contributed by atoms with Gasteiger partial charge < -0.3 is 4.74 Å². The Morgan fingerprint density at radius 1 is 1.24 bits per heavy atom. The zero-order valence-electron chi connectivity index (χ0n) is 11.6. The van der Waals surface area contributed by atoms with Gasteiger partial charge in [0.25, 0.3) is 11.9 Å². The minimum absolute atomic E-state index is 0.151. The Kier molecular flexibility index (Phi) is 3.23. The number of carbonyl (C=O) groups is 1. The summed E-state index contributed by atoms with van der Waals surface area (Å²) in [6.07, 6.45) is 0. The number of benzene rings is 2. The van der Waals surface area contributed by atoms with Crippen molar-refractivity contribution in [2.75, 3.05) is 12.4 Å². The first-order valence-corrected chi connectivity index (χ1v) is 6.29. The van der Waals surface area contributed by atoms with E-state index in [1.54, 1.807) is 13.1 Å². The summed E-state index contributed by atoms with van der Waals surface area (Å²) >= 11 is 0. The maximum atomic E-state index is 12.3. The molecule has 0 saturated heterocycles. The molecule has 0 spiro atoms. The predicted molar refractivity (Wildman–Crippen MR) is 77.3 cm³/mol. The molecule has 0 atom stereocenters. The molecule has 0 unspecified atom stereocenters. The molecule has 0 saturated carbocycles. The Labute approximate surface area is 120 Å². The molecule has 21 heavy (non-hydrogen) atoms. The van der Waals surface area contributed by atoms with Crippen molar-refractivity contribution in [1.29, 1.82) is 0 Å². The number of methoxy groups -OCH3 is 1. The van der Waals surface area contributed by atoms with E-state index in [0.717, 1.165) is 10.8 Å². The fraction of sp³-hybridized carbons (Fsp3) is 0.143. The molecule has 106 valence electrons. The van der Waals surface area contributed by atoms with Crippen molar-refractivity contribution in [1.82, 2.24) is 20.2 Å². The average molecular weight is 283 g/mol. The lowest BCUT2D eigenvalue weighted by Crippen LogP contribution is -2.14. The molecular weight excluding hydrogens is 270 g/mol. The summed E-state index contributed by atoms with van der Waals surface area (Å²) in [4.78, 5) is 13.6. The van der Waals surface area contributed by atoms with E-state index < -0.39 is 0 Å². The molecule has 1 N–H and O–H groups in total. The van der Waals surface area contributed by atoms with E-state index in [0.29, 0.717) is 11.3 Å². The molecule has 0 fully saturated rings. The molecule has 1 aromatic heterocycles. The second-order valence-electron chi connectivity index (χ2n) is 4.46. The van der Waals surface area contributed by atoms with Crippen LogP contribution in [0.3, 0.4) is 0 Å². The first-order valence-electron chi connectivity index (χ1n) is 6.29. The molecule has 0 aliphatic carbocycles. The van der Waals surface area contributed by atoms with Crippen LogP contribution in [0.2, 0.25) is 0 Å². The summed E-state index contributed by atoms with van der Waals surface area (Å²) in [5.41, 5.74) is 0.420. The van der Waals surface area contributed by atoms with Crippen molar-refractivity contribution in [3.05, 3.63) is 42.0 Å². The van der Waals surface area contributed by atoms with E-state index in [1.807, 2.05) is 30.3 Å². The topological polar surface area (TPSA) is 81.9 Å². The van der Waals surface area contributed by atoms with Gasteiger partial charge in [0, 0.05) is 0 Å². The number of aromatic nitrogens is 4. The third-order valence-electron chi connectivity index (χ3n) is 3.05. The smallest absolute Gasteiger partial charge is 0.270 e. The number of fused-ring (bicyclic) bond motifs is 1. The minimum atomic E-state index is -0.342. The van der Waals surface area contributed by atoms with Crippen LogP contribution in [0.5, 0.6) is 5.75 Å². The molecule has 7 heteroatoms. The van der Waals surface area contributed by atoms with Crippen LogP contribution < -0.4 is 10.1 Å². The van der Waals surface area contributed by atoms with E-state index in [2.05, 4.69) is 20.7 Å². The lowest BCUT2D eigenvalue weighted by molar-refractivity contribution is 0.102. The van der Waals surface area contributed by atoms with Crippen LogP contribution >= 0.6 is 0 Å². The summed E-state index contributed by atoms with van der Waals surface area (Å²) in [6.45, 7) is 0. The number of rotatable bonds is 3. The predicted octanol–water partition coefficient (Wildman–Crippen LogP) is 1.62. The number of nitrogens with one attached hydrogen (secondary N) is 1. The first-order chi connectivity index (χ1) is 10.2. The second-order valence-corrected chi connectivity index (χ2v) is 4.46. The molecule has 3 rings (SSSR count). The summed E-state index contributed by atoms with van der Waals surface area (Å²) in [6, 6.07) is 11.4. The van der Waals surface area contributed by atoms with E-state index in [9.17, 15) is 4.79 Å². The maximum absolute atomic E-state index is 12.3. The highest BCUT2D eigenvalue weighted by atomic mass is 16.5. The summed E-state index contributed by atoms with van der Waals surface area (Å²) in [7, 11) is 3.15. The molecule has 1 amide bonds. The van der Waals surface area contributed by atoms with Crippen LogP contribution in [-0.2, 0) is 7.05 Å². The number of hydrogen-bond donors (Lipinski definition) is 1. The van der Waals surface area contributed by atoms with Gasteiger partial charge in [0.1, 0.15) is 5.75 Å². The maximum Gasteiger partial charge on any atom is 0.270 e. The third-order valence-corrected chi connectivity index (χ3v) is 3.05. The van der Waals surface area contributed by atoms with Gasteiger partial charge in [-0.15, -0.1) is 5.10 Å². The monoisotopic (exact) mass is 283 g/mol. The van der Waals surface area contributed by atoms with Crippen LogP contribution in [0.4, 0.5) is 5.95 Å². The van der Waals surface area contributed by atoms with Gasteiger partial charge in [0.05, 0.1) is 19.7 Å². The number of ether oxygens (including phenoxy) is 1. The SMILES string of the molecule is COc1cc2ccccc2cc1C(=O)Nc1nnn(C)n1. The highest BCUT2D eigenvalue weighted by Crippen LogP contribution is 2.26. The largest absolute Gasteiger partial charge is 0.496 e. The fourth-order valence-electron chi connectivity index (χ4n) is 2.07. The van der Waals surface area contributed by atoms with Crippen molar-refractivity contribution >= 4 is 22.6 Å². The number of nitrogens with zero attached hydrogens (tertiary/aromatic N) is 4. The Hall–Kier alpha value is -2.96. The van der Waals surface area contributed by atoms with Crippen LogP contribution in [0.25, 0.3) is 10.8 Å². The van der Waals surface area contributed by atoms with Crippen LogP contribution in [0.15, 0.2) is 36.4 Å². The molecule has 3 aromatic rings. The van der Waals surface area contributed by atoms with Gasteiger partial charge in [-0.1, -0.05) is 29.4 Å². The van der Waals surface area contributed by atoms with Crippen molar-refractivity contribution < 1.29 is 9.53 Å². The third kappa shape index (κ3) is 2.53. The average Bonchev–Trinajstić information content (AvgIpc) is 2.90. The summed E-state index contributed by atoms with van der Waals surface area (Å²) < 4.78 is 5.30. The lowest BCUT2D eigenvalue weighted by Gasteiger charge is -2.09. The summed E-state index contributed by atoms with van der Waals surface area (Å²) in [5.74, 6) is 0.304. The van der Waals surface area contributed by atoms with Crippen LogP contribution in [0, 0.1) is 0 Å². The van der Waals surface area contributed by atoms with Gasteiger partial charge in [-0.3, -0.25) is 10.1 Å². The molecule has 0 bridgehead atoms. The van der Waals surface area contributed by atoms with Crippen molar-refractivity contribution in [2.45, 2.75) is 0 Å². The van der Waals surface area contributed by atoms with Crippen molar-refractivity contribution in [3.63, 3.8) is 0 Å². The zero-order chi connectivity index (χ0) is 14.8. The molecule has 0 aliphatic heterocycles. The van der Waals surface area contributed by atoms with Crippen LogP contribution in [0.1, 0.15) is 10.4 Å². The van der Waals surface area contributed by atoms with Crippen molar-refractivity contribution in [3.8, 4) is 5.75 Å². The van der Waals surface area contributed by atoms with E-state index in [-0.39, 0.29) is 11.9 Å². The number of tetrazole rings is 1. The Morgan fingerprint density at radius 2 is 1.95 bits per heavy atom. The van der Waals surface area contributed by atoms with E-state index in [1.165, 1.54) is 11.9 Å². The minimum Gasteiger partial charge on any atom is -0.496 e. The zero-order valence-corrected chi connectivity index (χ0v) is 11.6. The van der Waals surface area contributed by atoms with Gasteiger partial charge in [-0.05, 0) is 28.1 Å². The number of amides is 1. The van der Waals surface area contributed by atoms with Gasteiger partial charge >= 0.3 is 0 Å². The van der Waals surface area contributed by atoms with Gasteiger partial charge in [-0.25, -0.2) is 0 Å². The van der Waals surface area contributed by atoms with Gasteiger partial charge in [0.2, 0.25) is 0 Å². The molecule has 2 aromatic carbocycles. The first kappa shape index (κ1) is 13.0.